The van der Waals surface area contributed by atoms with Gasteiger partial charge < -0.3 is 10.6 Å². The van der Waals surface area contributed by atoms with E-state index in [1.807, 2.05) is 19.9 Å². The number of amides is 1. The second-order valence-electron chi connectivity index (χ2n) is 3.89. The molecule has 1 rings (SSSR count). The van der Waals surface area contributed by atoms with E-state index in [0.717, 1.165) is 19.3 Å². The lowest BCUT2D eigenvalue weighted by Gasteiger charge is -2.10. The van der Waals surface area contributed by atoms with Crippen molar-refractivity contribution in [3.63, 3.8) is 0 Å². The highest BCUT2D eigenvalue weighted by molar-refractivity contribution is 5.97. The van der Waals surface area contributed by atoms with Gasteiger partial charge in [0.15, 0.2) is 0 Å². The molecule has 1 unspecified atom stereocenters. The molecule has 0 spiro atoms. The fourth-order valence-electron chi connectivity index (χ4n) is 1.00. The average molecular weight is 207 g/mol. The Kier molecular flexibility index (Phi) is 4.17. The zero-order valence-electron chi connectivity index (χ0n) is 9.21. The third-order valence-corrected chi connectivity index (χ3v) is 2.40. The molecule has 1 amide bonds. The molecule has 1 fully saturated rings. The van der Waals surface area contributed by atoms with Gasteiger partial charge in [0, 0.05) is 18.3 Å². The highest BCUT2D eigenvalue weighted by Crippen LogP contribution is 2.18. The van der Waals surface area contributed by atoms with Gasteiger partial charge in [-0.3, -0.25) is 4.79 Å². The molecule has 2 N–H and O–H groups in total. The van der Waals surface area contributed by atoms with Crippen LogP contribution >= 0.6 is 0 Å². The molecule has 0 aliphatic heterocycles. The van der Waals surface area contributed by atoms with Gasteiger partial charge in [-0.25, -0.2) is 0 Å². The SMILES string of the molecule is CCC(C)NC(=O)/C(C#N)=C\NC1CC1. The first-order chi connectivity index (χ1) is 7.17. The number of carbonyl (C=O) groups is 1. The third-order valence-electron chi connectivity index (χ3n) is 2.40. The topological polar surface area (TPSA) is 64.9 Å². The quantitative estimate of drug-likeness (QED) is 0.523. The van der Waals surface area contributed by atoms with Crippen molar-refractivity contribution in [2.24, 2.45) is 0 Å². The molecule has 15 heavy (non-hydrogen) atoms. The normalized spacial score (nSPS) is 17.8. The average Bonchev–Trinajstić information content (AvgIpc) is 3.02. The number of rotatable bonds is 5. The van der Waals surface area contributed by atoms with E-state index in [2.05, 4.69) is 10.6 Å². The summed E-state index contributed by atoms with van der Waals surface area (Å²) < 4.78 is 0. The molecule has 1 saturated carbocycles. The number of nitriles is 1. The minimum Gasteiger partial charge on any atom is -0.387 e. The molecule has 0 heterocycles. The van der Waals surface area contributed by atoms with E-state index in [1.54, 1.807) is 0 Å². The van der Waals surface area contributed by atoms with Crippen molar-refractivity contribution < 1.29 is 4.79 Å². The van der Waals surface area contributed by atoms with E-state index in [0.29, 0.717) is 6.04 Å². The van der Waals surface area contributed by atoms with E-state index in [9.17, 15) is 4.79 Å². The van der Waals surface area contributed by atoms with Gasteiger partial charge in [-0.1, -0.05) is 6.92 Å². The van der Waals surface area contributed by atoms with Crippen molar-refractivity contribution in [3.05, 3.63) is 11.8 Å². The molecule has 1 aliphatic rings. The number of nitrogens with zero attached hydrogens (tertiary/aromatic N) is 1. The molecule has 0 aromatic heterocycles. The highest BCUT2D eigenvalue weighted by Gasteiger charge is 2.20. The lowest BCUT2D eigenvalue weighted by molar-refractivity contribution is -0.117. The van der Waals surface area contributed by atoms with E-state index in [4.69, 9.17) is 5.26 Å². The maximum absolute atomic E-state index is 11.5. The van der Waals surface area contributed by atoms with Crippen LogP contribution in [-0.2, 0) is 4.79 Å². The number of carbonyl (C=O) groups excluding carboxylic acids is 1. The summed E-state index contributed by atoms with van der Waals surface area (Å²) in [5, 5.41) is 14.6. The van der Waals surface area contributed by atoms with E-state index in [-0.39, 0.29) is 17.5 Å². The van der Waals surface area contributed by atoms with Gasteiger partial charge in [0.1, 0.15) is 11.6 Å². The van der Waals surface area contributed by atoms with Gasteiger partial charge in [-0.2, -0.15) is 5.26 Å². The molecule has 0 saturated heterocycles. The molecule has 0 aromatic rings. The van der Waals surface area contributed by atoms with Crippen molar-refractivity contribution >= 4 is 5.91 Å². The van der Waals surface area contributed by atoms with Gasteiger partial charge in [-0.15, -0.1) is 0 Å². The van der Waals surface area contributed by atoms with Crippen LogP contribution in [0.15, 0.2) is 11.8 Å². The zero-order chi connectivity index (χ0) is 11.3. The van der Waals surface area contributed by atoms with Crippen LogP contribution in [0.25, 0.3) is 0 Å². The van der Waals surface area contributed by atoms with Crippen LogP contribution in [-0.4, -0.2) is 18.0 Å². The van der Waals surface area contributed by atoms with Crippen LogP contribution in [0.2, 0.25) is 0 Å². The number of hydrogen-bond donors (Lipinski definition) is 2. The van der Waals surface area contributed by atoms with Crippen molar-refractivity contribution in [2.75, 3.05) is 0 Å². The van der Waals surface area contributed by atoms with Crippen LogP contribution < -0.4 is 10.6 Å². The Morgan fingerprint density at radius 3 is 2.80 bits per heavy atom. The van der Waals surface area contributed by atoms with Gasteiger partial charge in [0.25, 0.3) is 5.91 Å². The predicted octanol–water partition coefficient (Wildman–Crippen LogP) is 1.06. The first-order valence-electron chi connectivity index (χ1n) is 5.34. The lowest BCUT2D eigenvalue weighted by Crippen LogP contribution is -2.33. The smallest absolute Gasteiger partial charge is 0.263 e. The molecular weight excluding hydrogens is 190 g/mol. The largest absolute Gasteiger partial charge is 0.387 e. The van der Waals surface area contributed by atoms with Crippen molar-refractivity contribution in [1.29, 1.82) is 5.26 Å². The van der Waals surface area contributed by atoms with E-state index >= 15 is 0 Å². The summed E-state index contributed by atoms with van der Waals surface area (Å²) in [7, 11) is 0. The molecule has 0 radical (unpaired) electrons. The fourth-order valence-corrected chi connectivity index (χ4v) is 1.00. The monoisotopic (exact) mass is 207 g/mol. The Bertz CT molecular complexity index is 299. The molecule has 1 aliphatic carbocycles. The van der Waals surface area contributed by atoms with Gasteiger partial charge in [0.05, 0.1) is 0 Å². The first kappa shape index (κ1) is 11.6. The summed E-state index contributed by atoms with van der Waals surface area (Å²) in [6.45, 7) is 3.91. The van der Waals surface area contributed by atoms with Gasteiger partial charge >= 0.3 is 0 Å². The summed E-state index contributed by atoms with van der Waals surface area (Å²) in [4.78, 5) is 11.5. The first-order valence-corrected chi connectivity index (χ1v) is 5.34. The van der Waals surface area contributed by atoms with Crippen molar-refractivity contribution in [3.8, 4) is 6.07 Å². The minimum atomic E-state index is -0.292. The molecule has 1 atom stereocenters. The Morgan fingerprint density at radius 1 is 1.67 bits per heavy atom. The third kappa shape index (κ3) is 4.03. The molecular formula is C11H17N3O. The Balaban J connectivity index is 2.45. The van der Waals surface area contributed by atoms with Crippen LogP contribution in [0.4, 0.5) is 0 Å². The Labute approximate surface area is 90.3 Å². The molecule has 0 bridgehead atoms. The second kappa shape index (κ2) is 5.40. The summed E-state index contributed by atoms with van der Waals surface area (Å²) in [6.07, 6.45) is 4.64. The van der Waals surface area contributed by atoms with Crippen molar-refractivity contribution in [1.82, 2.24) is 10.6 Å². The summed E-state index contributed by atoms with van der Waals surface area (Å²) in [5.41, 5.74) is 0.155. The van der Waals surface area contributed by atoms with Crippen LogP contribution in [0.1, 0.15) is 33.1 Å². The molecule has 0 aromatic carbocycles. The highest BCUT2D eigenvalue weighted by atomic mass is 16.1. The standard InChI is InChI=1S/C11H17N3O/c1-3-8(2)14-11(15)9(6-12)7-13-10-4-5-10/h7-8,10,13H,3-5H2,1-2H3,(H,14,15)/b9-7-. The molecule has 4 nitrogen and oxygen atoms in total. The number of hydrogen-bond acceptors (Lipinski definition) is 3. The van der Waals surface area contributed by atoms with Crippen LogP contribution in [0.5, 0.6) is 0 Å². The fraction of sp³-hybridized carbons (Fsp3) is 0.636. The predicted molar refractivity (Wildman–Crippen MR) is 57.7 cm³/mol. The van der Waals surface area contributed by atoms with Gasteiger partial charge in [-0.05, 0) is 26.2 Å². The van der Waals surface area contributed by atoms with Gasteiger partial charge in [0.2, 0.25) is 0 Å². The number of nitrogens with one attached hydrogen (secondary N) is 2. The Morgan fingerprint density at radius 2 is 2.33 bits per heavy atom. The Hall–Kier alpha value is -1.50. The maximum atomic E-state index is 11.5. The van der Waals surface area contributed by atoms with E-state index in [1.165, 1.54) is 6.20 Å². The van der Waals surface area contributed by atoms with E-state index < -0.39 is 0 Å². The summed E-state index contributed by atoms with van der Waals surface area (Å²) in [5.74, 6) is -0.292. The summed E-state index contributed by atoms with van der Waals surface area (Å²) in [6, 6.07) is 2.47. The summed E-state index contributed by atoms with van der Waals surface area (Å²) >= 11 is 0. The zero-order valence-corrected chi connectivity index (χ0v) is 9.21. The maximum Gasteiger partial charge on any atom is 0.263 e. The molecule has 82 valence electrons. The van der Waals surface area contributed by atoms with Crippen LogP contribution in [0, 0.1) is 11.3 Å². The second-order valence-corrected chi connectivity index (χ2v) is 3.89. The minimum absolute atomic E-state index is 0.107. The lowest BCUT2D eigenvalue weighted by atomic mass is 10.2. The molecule has 4 heteroatoms. The van der Waals surface area contributed by atoms with Crippen LogP contribution in [0.3, 0.4) is 0 Å². The van der Waals surface area contributed by atoms with Crippen molar-refractivity contribution in [2.45, 2.75) is 45.2 Å².